The van der Waals surface area contributed by atoms with Crippen molar-refractivity contribution in [2.75, 3.05) is 0 Å². The molecule has 0 amide bonds. The van der Waals surface area contributed by atoms with Crippen molar-refractivity contribution in [1.82, 2.24) is 20.3 Å². The maximum absolute atomic E-state index is 5.67. The number of aromatic nitrogens is 4. The van der Waals surface area contributed by atoms with Gasteiger partial charge in [-0.05, 0) is 18.2 Å². The Morgan fingerprint density at radius 1 is 0.875 bits per heavy atom. The third-order valence-corrected chi connectivity index (χ3v) is 3.83. The van der Waals surface area contributed by atoms with Gasteiger partial charge < -0.3 is 8.94 Å². The van der Waals surface area contributed by atoms with Gasteiger partial charge in [0.15, 0.2) is 0 Å². The number of rotatable bonds is 4. The number of hydrogen-bond donors (Lipinski definition) is 0. The van der Waals surface area contributed by atoms with Gasteiger partial charge in [-0.1, -0.05) is 57.5 Å². The Bertz CT molecular complexity index is 965. The van der Waals surface area contributed by atoms with Crippen LogP contribution in [0.4, 0.5) is 0 Å². The zero-order valence-corrected chi connectivity index (χ0v) is 14.0. The molecule has 0 saturated carbocycles. The molecule has 0 spiro atoms. The average Bonchev–Trinajstić information content (AvgIpc) is 3.26. The lowest BCUT2D eigenvalue weighted by Gasteiger charge is -1.94. The fourth-order valence-corrected chi connectivity index (χ4v) is 2.62. The molecule has 0 saturated heterocycles. The van der Waals surface area contributed by atoms with Crippen LogP contribution in [0.5, 0.6) is 0 Å². The van der Waals surface area contributed by atoms with Gasteiger partial charge in [0, 0.05) is 15.6 Å². The molecule has 24 heavy (non-hydrogen) atoms. The predicted octanol–water partition coefficient (Wildman–Crippen LogP) is 4.14. The van der Waals surface area contributed by atoms with Crippen LogP contribution >= 0.6 is 15.9 Å². The van der Waals surface area contributed by atoms with Gasteiger partial charge in [-0.2, -0.15) is 4.98 Å². The van der Waals surface area contributed by atoms with Crippen molar-refractivity contribution >= 4 is 15.9 Å². The highest BCUT2D eigenvalue weighted by Crippen LogP contribution is 2.22. The molecule has 0 N–H and O–H groups in total. The second kappa shape index (κ2) is 6.37. The van der Waals surface area contributed by atoms with E-state index in [2.05, 4.69) is 36.3 Å². The lowest BCUT2D eigenvalue weighted by molar-refractivity contribution is 0.374. The number of halogens is 1. The number of nitrogens with zero attached hydrogens (tertiary/aromatic N) is 4. The highest BCUT2D eigenvalue weighted by Gasteiger charge is 2.14. The van der Waals surface area contributed by atoms with Crippen molar-refractivity contribution in [3.8, 4) is 22.8 Å². The van der Waals surface area contributed by atoms with E-state index in [0.717, 1.165) is 15.6 Å². The molecule has 0 radical (unpaired) electrons. The van der Waals surface area contributed by atoms with Gasteiger partial charge in [-0.15, -0.1) is 10.2 Å². The largest absolute Gasteiger partial charge is 0.420 e. The summed E-state index contributed by atoms with van der Waals surface area (Å²) in [4.78, 5) is 4.36. The summed E-state index contributed by atoms with van der Waals surface area (Å²) < 4.78 is 11.9. The van der Waals surface area contributed by atoms with Gasteiger partial charge in [0.2, 0.25) is 23.5 Å². The molecule has 0 atom stereocenters. The summed E-state index contributed by atoms with van der Waals surface area (Å²) in [5.74, 6) is 1.85. The maximum atomic E-state index is 5.67. The third-order valence-electron chi connectivity index (χ3n) is 3.34. The van der Waals surface area contributed by atoms with Crippen molar-refractivity contribution < 1.29 is 8.94 Å². The van der Waals surface area contributed by atoms with E-state index in [1.54, 1.807) is 0 Å². The molecule has 2 heterocycles. The highest BCUT2D eigenvalue weighted by atomic mass is 79.9. The van der Waals surface area contributed by atoms with Crippen molar-refractivity contribution in [1.29, 1.82) is 0 Å². The fraction of sp³-hybridized carbons (Fsp3) is 0.0588. The van der Waals surface area contributed by atoms with E-state index in [0.29, 0.717) is 29.9 Å². The third kappa shape index (κ3) is 3.11. The smallest absolute Gasteiger partial charge is 0.247 e. The van der Waals surface area contributed by atoms with Crippen LogP contribution in [-0.2, 0) is 6.42 Å². The summed E-state index contributed by atoms with van der Waals surface area (Å²) in [7, 11) is 0. The van der Waals surface area contributed by atoms with Crippen LogP contribution in [0.3, 0.4) is 0 Å². The normalized spacial score (nSPS) is 10.9. The van der Waals surface area contributed by atoms with Crippen molar-refractivity contribution in [2.24, 2.45) is 0 Å². The predicted molar refractivity (Wildman–Crippen MR) is 90.0 cm³/mol. The molecule has 4 aromatic rings. The minimum atomic E-state index is 0.292. The fourth-order valence-electron chi connectivity index (χ4n) is 2.22. The van der Waals surface area contributed by atoms with Gasteiger partial charge in [0.25, 0.3) is 0 Å². The molecule has 0 fully saturated rings. The lowest BCUT2D eigenvalue weighted by Crippen LogP contribution is -1.88. The number of hydrogen-bond acceptors (Lipinski definition) is 6. The Morgan fingerprint density at radius 2 is 1.71 bits per heavy atom. The first-order valence-corrected chi connectivity index (χ1v) is 8.03. The van der Waals surface area contributed by atoms with E-state index in [4.69, 9.17) is 8.94 Å². The van der Waals surface area contributed by atoms with Gasteiger partial charge in [-0.25, -0.2) is 0 Å². The summed E-state index contributed by atoms with van der Waals surface area (Å²) >= 11 is 3.42. The number of benzene rings is 2. The second-order valence-corrected chi connectivity index (χ2v) is 5.98. The first kappa shape index (κ1) is 14.8. The molecule has 0 aliphatic heterocycles. The Hall–Kier alpha value is -2.80. The standard InChI is InChI=1S/C17H11BrN4O2/c18-13-8-4-7-12(9-13)17-21-20-15(23-17)10-14-19-16(22-24-14)11-5-2-1-3-6-11/h1-9H,10H2. The lowest BCUT2D eigenvalue weighted by atomic mass is 10.2. The van der Waals surface area contributed by atoms with Crippen LogP contribution in [0, 0.1) is 0 Å². The molecule has 7 heteroatoms. The van der Waals surface area contributed by atoms with Crippen LogP contribution in [0.2, 0.25) is 0 Å². The minimum absolute atomic E-state index is 0.292. The second-order valence-electron chi connectivity index (χ2n) is 5.07. The molecular formula is C17H11BrN4O2. The van der Waals surface area contributed by atoms with Gasteiger partial charge >= 0.3 is 0 Å². The Labute approximate surface area is 145 Å². The topological polar surface area (TPSA) is 77.8 Å². The van der Waals surface area contributed by atoms with E-state index in [-0.39, 0.29) is 0 Å². The molecule has 0 aliphatic rings. The summed E-state index contributed by atoms with van der Waals surface area (Å²) in [6.07, 6.45) is 0.292. The molecule has 0 unspecified atom stereocenters. The Balaban J connectivity index is 1.54. The summed E-state index contributed by atoms with van der Waals surface area (Å²) in [5.41, 5.74) is 1.74. The van der Waals surface area contributed by atoms with Gasteiger partial charge in [0.1, 0.15) is 6.42 Å². The van der Waals surface area contributed by atoms with E-state index >= 15 is 0 Å². The monoisotopic (exact) mass is 382 g/mol. The van der Waals surface area contributed by atoms with E-state index in [9.17, 15) is 0 Å². The highest BCUT2D eigenvalue weighted by molar-refractivity contribution is 9.10. The van der Waals surface area contributed by atoms with Crippen LogP contribution in [0.1, 0.15) is 11.8 Å². The quantitative estimate of drug-likeness (QED) is 0.527. The van der Waals surface area contributed by atoms with Gasteiger partial charge in [-0.3, -0.25) is 0 Å². The molecule has 118 valence electrons. The molecule has 0 aliphatic carbocycles. The average molecular weight is 383 g/mol. The maximum Gasteiger partial charge on any atom is 0.247 e. The Kier molecular flexibility index (Phi) is 3.92. The summed E-state index contributed by atoms with van der Waals surface area (Å²) in [6.45, 7) is 0. The molecule has 2 aromatic heterocycles. The molecule has 2 aromatic carbocycles. The molecule has 4 rings (SSSR count). The SMILES string of the molecule is Brc1cccc(-c2nnc(Cc3nc(-c4ccccc4)no3)o2)c1. The van der Waals surface area contributed by atoms with Gasteiger partial charge in [0.05, 0.1) is 0 Å². The van der Waals surface area contributed by atoms with Crippen molar-refractivity contribution in [3.05, 3.63) is 70.9 Å². The zero-order valence-electron chi connectivity index (χ0n) is 12.4. The van der Waals surface area contributed by atoms with Crippen LogP contribution < -0.4 is 0 Å². The zero-order chi connectivity index (χ0) is 16.4. The first-order valence-electron chi connectivity index (χ1n) is 7.24. The van der Waals surface area contributed by atoms with E-state index in [1.165, 1.54) is 0 Å². The molecular weight excluding hydrogens is 372 g/mol. The first-order chi connectivity index (χ1) is 11.8. The Morgan fingerprint density at radius 3 is 2.54 bits per heavy atom. The van der Waals surface area contributed by atoms with Crippen molar-refractivity contribution in [3.63, 3.8) is 0 Å². The van der Waals surface area contributed by atoms with Crippen LogP contribution in [-0.4, -0.2) is 20.3 Å². The van der Waals surface area contributed by atoms with Crippen molar-refractivity contribution in [2.45, 2.75) is 6.42 Å². The molecule has 6 nitrogen and oxygen atoms in total. The summed E-state index contributed by atoms with van der Waals surface area (Å²) in [5, 5.41) is 12.1. The van der Waals surface area contributed by atoms with E-state index in [1.807, 2.05) is 54.6 Å². The summed E-state index contributed by atoms with van der Waals surface area (Å²) in [6, 6.07) is 17.3. The van der Waals surface area contributed by atoms with Crippen LogP contribution in [0.15, 0.2) is 68.0 Å². The van der Waals surface area contributed by atoms with E-state index < -0.39 is 0 Å². The van der Waals surface area contributed by atoms with Crippen LogP contribution in [0.25, 0.3) is 22.8 Å². The molecule has 0 bridgehead atoms. The minimum Gasteiger partial charge on any atom is -0.420 e.